The number of pyridine rings is 1. The number of anilines is 1. The number of nitrogens with zero attached hydrogens (tertiary/aromatic N) is 1. The van der Waals surface area contributed by atoms with Crippen LogP contribution in [0.1, 0.15) is 26.5 Å². The zero-order valence-electron chi connectivity index (χ0n) is 9.95. The van der Waals surface area contributed by atoms with Gasteiger partial charge in [0.2, 0.25) is 0 Å². The van der Waals surface area contributed by atoms with E-state index in [1.54, 1.807) is 20.8 Å². The van der Waals surface area contributed by atoms with Gasteiger partial charge in [-0.1, -0.05) is 11.6 Å². The van der Waals surface area contributed by atoms with Crippen LogP contribution in [0, 0.1) is 0 Å². The van der Waals surface area contributed by atoms with Crippen LogP contribution in [0.4, 0.5) is 10.6 Å². The number of hydrogen-bond acceptors (Lipinski definition) is 4. The highest BCUT2D eigenvalue weighted by Gasteiger charge is 2.16. The van der Waals surface area contributed by atoms with Gasteiger partial charge in [-0.25, -0.2) is 9.78 Å². The molecule has 1 aromatic heterocycles. The zero-order valence-corrected chi connectivity index (χ0v) is 10.7. The Hall–Kier alpha value is -1.33. The van der Waals surface area contributed by atoms with E-state index in [9.17, 15) is 4.79 Å². The lowest BCUT2D eigenvalue weighted by Crippen LogP contribution is -2.27. The molecule has 2 N–H and O–H groups in total. The molecule has 1 aromatic rings. The third-order valence-electron chi connectivity index (χ3n) is 1.63. The molecule has 0 saturated heterocycles. The van der Waals surface area contributed by atoms with Gasteiger partial charge in [-0.3, -0.25) is 5.32 Å². The molecule has 94 valence electrons. The number of aromatic nitrogens is 1. The molecule has 0 aliphatic carbocycles. The summed E-state index contributed by atoms with van der Waals surface area (Å²) < 4.78 is 5.06. The van der Waals surface area contributed by atoms with Gasteiger partial charge in [-0.15, -0.1) is 0 Å². The van der Waals surface area contributed by atoms with Gasteiger partial charge in [0, 0.05) is 5.02 Å². The lowest BCUT2D eigenvalue weighted by molar-refractivity contribution is 0.0635. The van der Waals surface area contributed by atoms with Crippen molar-refractivity contribution in [3.8, 4) is 0 Å². The predicted octanol–water partition coefficient (Wildman–Crippen LogP) is 2.57. The number of nitrogens with one attached hydrogen (secondary N) is 1. The molecule has 0 fully saturated rings. The summed E-state index contributed by atoms with van der Waals surface area (Å²) in [7, 11) is 0. The summed E-state index contributed by atoms with van der Waals surface area (Å²) in [5, 5.41) is 11.8. The standard InChI is InChI=1S/C11H15ClN2O3/c1-11(2,3)17-10(16)14-9-5-7(12)4-8(6-15)13-9/h4-5,15H,6H2,1-3H3,(H,13,14,16). The van der Waals surface area contributed by atoms with Gasteiger partial charge in [0.15, 0.2) is 0 Å². The molecule has 0 unspecified atom stereocenters. The van der Waals surface area contributed by atoms with E-state index in [0.717, 1.165) is 0 Å². The Kier molecular flexibility index (Phi) is 4.31. The maximum atomic E-state index is 11.5. The highest BCUT2D eigenvalue weighted by molar-refractivity contribution is 6.30. The summed E-state index contributed by atoms with van der Waals surface area (Å²) >= 11 is 5.80. The number of rotatable bonds is 2. The fraction of sp³-hybridized carbons (Fsp3) is 0.455. The molecular weight excluding hydrogens is 244 g/mol. The number of carbonyl (C=O) groups is 1. The average Bonchev–Trinajstić information content (AvgIpc) is 2.13. The summed E-state index contributed by atoms with van der Waals surface area (Å²) in [4.78, 5) is 15.4. The molecular formula is C11H15ClN2O3. The smallest absolute Gasteiger partial charge is 0.413 e. The van der Waals surface area contributed by atoms with Gasteiger partial charge in [0.25, 0.3) is 0 Å². The maximum absolute atomic E-state index is 11.5. The average molecular weight is 259 g/mol. The molecule has 0 aliphatic heterocycles. The molecule has 0 saturated carbocycles. The topological polar surface area (TPSA) is 71.5 Å². The second-order valence-corrected chi connectivity index (χ2v) is 4.88. The Morgan fingerprint density at radius 2 is 2.18 bits per heavy atom. The summed E-state index contributed by atoms with van der Waals surface area (Å²) in [5.41, 5.74) is -0.203. The quantitative estimate of drug-likeness (QED) is 0.855. The van der Waals surface area contributed by atoms with E-state index in [0.29, 0.717) is 10.7 Å². The third kappa shape index (κ3) is 5.01. The van der Waals surface area contributed by atoms with E-state index in [1.807, 2.05) is 0 Å². The normalized spacial score (nSPS) is 11.1. The van der Waals surface area contributed by atoms with Crippen molar-refractivity contribution in [1.82, 2.24) is 4.98 Å². The van der Waals surface area contributed by atoms with Crippen molar-refractivity contribution in [2.24, 2.45) is 0 Å². The largest absolute Gasteiger partial charge is 0.444 e. The molecule has 0 atom stereocenters. The first-order chi connectivity index (χ1) is 7.80. The summed E-state index contributed by atoms with van der Waals surface area (Å²) in [6.45, 7) is 5.04. The molecule has 0 spiro atoms. The monoisotopic (exact) mass is 258 g/mol. The number of halogens is 1. The molecule has 0 bridgehead atoms. The van der Waals surface area contributed by atoms with Gasteiger partial charge in [0.1, 0.15) is 11.4 Å². The maximum Gasteiger partial charge on any atom is 0.413 e. The van der Waals surface area contributed by atoms with Crippen molar-refractivity contribution in [2.45, 2.75) is 33.0 Å². The van der Waals surface area contributed by atoms with E-state index in [4.69, 9.17) is 21.4 Å². The van der Waals surface area contributed by atoms with Crippen molar-refractivity contribution in [3.63, 3.8) is 0 Å². The molecule has 1 heterocycles. The molecule has 1 rings (SSSR count). The molecule has 5 nitrogen and oxygen atoms in total. The van der Waals surface area contributed by atoms with Gasteiger partial charge < -0.3 is 9.84 Å². The Labute approximate surface area is 105 Å². The molecule has 0 radical (unpaired) electrons. The Bertz CT molecular complexity index is 416. The van der Waals surface area contributed by atoms with Crippen LogP contribution >= 0.6 is 11.6 Å². The van der Waals surface area contributed by atoms with E-state index in [1.165, 1.54) is 12.1 Å². The Morgan fingerprint density at radius 3 is 2.71 bits per heavy atom. The molecule has 0 aromatic carbocycles. The molecule has 1 amide bonds. The minimum Gasteiger partial charge on any atom is -0.444 e. The number of amides is 1. The van der Waals surface area contributed by atoms with Crippen LogP contribution in [0.3, 0.4) is 0 Å². The van der Waals surface area contributed by atoms with Crippen LogP contribution in [0.2, 0.25) is 5.02 Å². The number of aliphatic hydroxyl groups is 1. The Balaban J connectivity index is 2.74. The van der Waals surface area contributed by atoms with E-state index in [-0.39, 0.29) is 12.4 Å². The van der Waals surface area contributed by atoms with Crippen LogP contribution in [0.5, 0.6) is 0 Å². The van der Waals surface area contributed by atoms with Gasteiger partial charge in [0.05, 0.1) is 12.3 Å². The van der Waals surface area contributed by atoms with Crippen molar-refractivity contribution in [3.05, 3.63) is 22.8 Å². The summed E-state index contributed by atoms with van der Waals surface area (Å²) in [6.07, 6.45) is -0.615. The van der Waals surface area contributed by atoms with Crippen molar-refractivity contribution in [1.29, 1.82) is 0 Å². The molecule has 6 heteroatoms. The number of hydrogen-bond donors (Lipinski definition) is 2. The van der Waals surface area contributed by atoms with Gasteiger partial charge >= 0.3 is 6.09 Å². The summed E-state index contributed by atoms with van der Waals surface area (Å²) in [5.74, 6) is 0.246. The highest BCUT2D eigenvalue weighted by Crippen LogP contribution is 2.16. The van der Waals surface area contributed by atoms with Crippen molar-refractivity contribution >= 4 is 23.5 Å². The van der Waals surface area contributed by atoms with E-state index < -0.39 is 11.7 Å². The fourth-order valence-corrected chi connectivity index (χ4v) is 1.33. The fourth-order valence-electron chi connectivity index (χ4n) is 1.10. The first-order valence-electron chi connectivity index (χ1n) is 5.07. The minimum atomic E-state index is -0.615. The van der Waals surface area contributed by atoms with E-state index in [2.05, 4.69) is 10.3 Å². The first kappa shape index (κ1) is 13.7. The van der Waals surface area contributed by atoms with Crippen LogP contribution in [-0.2, 0) is 11.3 Å². The second kappa shape index (κ2) is 5.33. The second-order valence-electron chi connectivity index (χ2n) is 4.45. The number of ether oxygens (including phenoxy) is 1. The predicted molar refractivity (Wildman–Crippen MR) is 65.0 cm³/mol. The van der Waals surface area contributed by atoms with Crippen LogP contribution in [0.25, 0.3) is 0 Å². The number of carbonyl (C=O) groups excluding carboxylic acids is 1. The van der Waals surface area contributed by atoms with Crippen molar-refractivity contribution in [2.75, 3.05) is 5.32 Å². The Morgan fingerprint density at radius 1 is 1.53 bits per heavy atom. The molecule has 0 aliphatic rings. The minimum absolute atomic E-state index is 0.246. The van der Waals surface area contributed by atoms with Crippen LogP contribution in [0.15, 0.2) is 12.1 Å². The van der Waals surface area contributed by atoms with Crippen LogP contribution < -0.4 is 5.32 Å². The van der Waals surface area contributed by atoms with Gasteiger partial charge in [-0.05, 0) is 32.9 Å². The SMILES string of the molecule is CC(C)(C)OC(=O)Nc1cc(Cl)cc(CO)n1. The number of aliphatic hydroxyl groups excluding tert-OH is 1. The molecule has 17 heavy (non-hydrogen) atoms. The lowest BCUT2D eigenvalue weighted by atomic mass is 10.2. The third-order valence-corrected chi connectivity index (χ3v) is 1.85. The summed E-state index contributed by atoms with van der Waals surface area (Å²) in [6, 6.07) is 2.99. The van der Waals surface area contributed by atoms with Gasteiger partial charge in [-0.2, -0.15) is 0 Å². The van der Waals surface area contributed by atoms with Crippen molar-refractivity contribution < 1.29 is 14.6 Å². The lowest BCUT2D eigenvalue weighted by Gasteiger charge is -2.19. The highest BCUT2D eigenvalue weighted by atomic mass is 35.5. The zero-order chi connectivity index (χ0) is 13.1. The van der Waals surface area contributed by atoms with Crippen LogP contribution in [-0.4, -0.2) is 21.8 Å². The first-order valence-corrected chi connectivity index (χ1v) is 5.45. The van der Waals surface area contributed by atoms with E-state index >= 15 is 0 Å².